The third-order valence-corrected chi connectivity index (χ3v) is 3.25. The molecule has 4 nitrogen and oxygen atoms in total. The second kappa shape index (κ2) is 5.26. The van der Waals surface area contributed by atoms with Gasteiger partial charge in [-0.15, -0.1) is 0 Å². The molecule has 0 spiro atoms. The Kier molecular flexibility index (Phi) is 4.27. The van der Waals surface area contributed by atoms with Crippen molar-refractivity contribution < 1.29 is 14.7 Å². The van der Waals surface area contributed by atoms with Gasteiger partial charge in [0.05, 0.1) is 0 Å². The van der Waals surface area contributed by atoms with Gasteiger partial charge in [0.2, 0.25) is 0 Å². The van der Waals surface area contributed by atoms with Crippen molar-refractivity contribution in [1.29, 1.82) is 0 Å². The number of carbonyl (C=O) groups excluding carboxylic acids is 1. The fourth-order valence-corrected chi connectivity index (χ4v) is 2.22. The molecule has 1 saturated carbocycles. The van der Waals surface area contributed by atoms with Crippen LogP contribution in [0.2, 0.25) is 0 Å². The van der Waals surface area contributed by atoms with E-state index in [0.717, 1.165) is 12.8 Å². The van der Waals surface area contributed by atoms with Crippen LogP contribution in [0.5, 0.6) is 0 Å². The third-order valence-electron chi connectivity index (χ3n) is 3.25. The summed E-state index contributed by atoms with van der Waals surface area (Å²) in [4.78, 5) is 24.0. The van der Waals surface area contributed by atoms with Crippen molar-refractivity contribution in [2.24, 2.45) is 0 Å². The van der Waals surface area contributed by atoms with Crippen molar-refractivity contribution in [3.63, 3.8) is 0 Å². The van der Waals surface area contributed by atoms with Gasteiger partial charge in [0.1, 0.15) is 11.8 Å². The summed E-state index contributed by atoms with van der Waals surface area (Å²) in [6.07, 6.45) is 3.42. The van der Waals surface area contributed by atoms with Gasteiger partial charge in [0.15, 0.2) is 0 Å². The lowest BCUT2D eigenvalue weighted by Crippen LogP contribution is -2.45. The Morgan fingerprint density at radius 2 is 2.07 bits per heavy atom. The SMILES string of the molecule is CCC(C(=O)O)N(C)C1CCC(=O)CC1. The summed E-state index contributed by atoms with van der Waals surface area (Å²) in [5.74, 6) is -0.458. The van der Waals surface area contributed by atoms with Crippen LogP contribution in [-0.4, -0.2) is 40.9 Å². The molecule has 0 aromatic carbocycles. The van der Waals surface area contributed by atoms with Crippen LogP contribution in [0, 0.1) is 0 Å². The highest BCUT2D eigenvalue weighted by Gasteiger charge is 2.29. The topological polar surface area (TPSA) is 57.6 Å². The number of rotatable bonds is 4. The van der Waals surface area contributed by atoms with Gasteiger partial charge in [-0.3, -0.25) is 14.5 Å². The number of likely N-dealkylation sites (N-methyl/N-ethyl adjacent to an activating group) is 1. The van der Waals surface area contributed by atoms with E-state index < -0.39 is 12.0 Å². The minimum atomic E-state index is -0.767. The molecule has 0 heterocycles. The molecule has 1 aliphatic rings. The third kappa shape index (κ3) is 3.02. The molecule has 1 rings (SSSR count). The van der Waals surface area contributed by atoms with E-state index >= 15 is 0 Å². The molecule has 0 bridgehead atoms. The van der Waals surface area contributed by atoms with Crippen molar-refractivity contribution in [2.45, 2.75) is 51.1 Å². The molecule has 1 N–H and O–H groups in total. The molecule has 1 fully saturated rings. The molecule has 0 aliphatic heterocycles. The number of Topliss-reactive ketones (excluding diaryl/α,β-unsaturated/α-hetero) is 1. The predicted molar refractivity (Wildman–Crippen MR) is 56.7 cm³/mol. The van der Waals surface area contributed by atoms with Crippen LogP contribution in [-0.2, 0) is 9.59 Å². The Morgan fingerprint density at radius 1 is 1.53 bits per heavy atom. The first kappa shape index (κ1) is 12.2. The van der Waals surface area contributed by atoms with Crippen LogP contribution in [0.15, 0.2) is 0 Å². The maximum absolute atomic E-state index is 11.1. The van der Waals surface area contributed by atoms with E-state index in [1.807, 2.05) is 18.9 Å². The van der Waals surface area contributed by atoms with E-state index in [2.05, 4.69) is 0 Å². The summed E-state index contributed by atoms with van der Waals surface area (Å²) < 4.78 is 0. The highest BCUT2D eigenvalue weighted by Crippen LogP contribution is 2.21. The smallest absolute Gasteiger partial charge is 0.320 e. The van der Waals surface area contributed by atoms with Crippen LogP contribution >= 0.6 is 0 Å². The van der Waals surface area contributed by atoms with E-state index in [-0.39, 0.29) is 6.04 Å². The number of nitrogens with zero attached hydrogens (tertiary/aromatic N) is 1. The van der Waals surface area contributed by atoms with Crippen molar-refractivity contribution >= 4 is 11.8 Å². The second-order valence-corrected chi connectivity index (χ2v) is 4.20. The normalized spacial score (nSPS) is 20.6. The van der Waals surface area contributed by atoms with Gasteiger partial charge in [0.25, 0.3) is 0 Å². The van der Waals surface area contributed by atoms with Crippen LogP contribution in [0.25, 0.3) is 0 Å². The molecule has 0 amide bonds. The Hall–Kier alpha value is -0.900. The molecule has 0 aromatic heterocycles. The zero-order chi connectivity index (χ0) is 11.4. The minimum absolute atomic E-state index is 0.253. The van der Waals surface area contributed by atoms with E-state index in [0.29, 0.717) is 25.0 Å². The van der Waals surface area contributed by atoms with Crippen LogP contribution < -0.4 is 0 Å². The number of ketones is 1. The number of hydrogen-bond donors (Lipinski definition) is 1. The van der Waals surface area contributed by atoms with Crippen molar-refractivity contribution in [3.05, 3.63) is 0 Å². The summed E-state index contributed by atoms with van der Waals surface area (Å²) in [5, 5.41) is 9.02. The maximum Gasteiger partial charge on any atom is 0.320 e. The van der Waals surface area contributed by atoms with Crippen LogP contribution in [0.4, 0.5) is 0 Å². The van der Waals surface area contributed by atoms with Gasteiger partial charge in [-0.25, -0.2) is 0 Å². The zero-order valence-electron chi connectivity index (χ0n) is 9.40. The molecule has 15 heavy (non-hydrogen) atoms. The van der Waals surface area contributed by atoms with Gasteiger partial charge in [-0.05, 0) is 26.3 Å². The average molecular weight is 213 g/mol. The molecule has 1 atom stereocenters. The Morgan fingerprint density at radius 3 is 2.47 bits per heavy atom. The number of carboxylic acids is 1. The molecule has 0 saturated heterocycles. The summed E-state index contributed by atoms with van der Waals surface area (Å²) in [5.41, 5.74) is 0. The molecular formula is C11H19NO3. The zero-order valence-corrected chi connectivity index (χ0v) is 9.40. The number of aliphatic carboxylic acids is 1. The molecule has 86 valence electrons. The van der Waals surface area contributed by atoms with Gasteiger partial charge in [0, 0.05) is 18.9 Å². The first-order valence-electron chi connectivity index (χ1n) is 5.52. The quantitative estimate of drug-likeness (QED) is 0.764. The van der Waals surface area contributed by atoms with Crippen molar-refractivity contribution in [2.75, 3.05) is 7.05 Å². The molecule has 4 heteroatoms. The first-order chi connectivity index (χ1) is 7.06. The van der Waals surface area contributed by atoms with E-state index in [1.54, 1.807) is 0 Å². The lowest BCUT2D eigenvalue weighted by molar-refractivity contribution is -0.144. The molecule has 1 aliphatic carbocycles. The Balaban J connectivity index is 2.55. The first-order valence-corrected chi connectivity index (χ1v) is 5.52. The summed E-state index contributed by atoms with van der Waals surface area (Å²) >= 11 is 0. The summed E-state index contributed by atoms with van der Waals surface area (Å²) in [7, 11) is 1.85. The van der Waals surface area contributed by atoms with Gasteiger partial charge in [-0.2, -0.15) is 0 Å². The van der Waals surface area contributed by atoms with E-state index in [1.165, 1.54) is 0 Å². The molecule has 0 radical (unpaired) electrons. The van der Waals surface area contributed by atoms with Crippen LogP contribution in [0.1, 0.15) is 39.0 Å². The highest BCUT2D eigenvalue weighted by atomic mass is 16.4. The molecule has 0 aromatic rings. The fourth-order valence-electron chi connectivity index (χ4n) is 2.22. The van der Waals surface area contributed by atoms with Gasteiger partial charge in [-0.1, -0.05) is 6.92 Å². The van der Waals surface area contributed by atoms with Crippen molar-refractivity contribution in [3.8, 4) is 0 Å². The van der Waals surface area contributed by atoms with Gasteiger partial charge >= 0.3 is 5.97 Å². The molecule has 1 unspecified atom stereocenters. The lowest BCUT2D eigenvalue weighted by atomic mass is 9.92. The van der Waals surface area contributed by atoms with E-state index in [4.69, 9.17) is 5.11 Å². The van der Waals surface area contributed by atoms with E-state index in [9.17, 15) is 9.59 Å². The number of carbonyl (C=O) groups is 2. The number of hydrogen-bond acceptors (Lipinski definition) is 3. The monoisotopic (exact) mass is 213 g/mol. The summed E-state index contributed by atoms with van der Waals surface area (Å²) in [6.45, 7) is 1.88. The van der Waals surface area contributed by atoms with Gasteiger partial charge < -0.3 is 5.11 Å². The largest absolute Gasteiger partial charge is 0.480 e. The Labute approximate surface area is 90.3 Å². The Bertz CT molecular complexity index is 242. The second-order valence-electron chi connectivity index (χ2n) is 4.20. The maximum atomic E-state index is 11.1. The molecular weight excluding hydrogens is 194 g/mol. The predicted octanol–water partition coefficient (Wildman–Crippen LogP) is 1.29. The number of carboxylic acid groups (broad SMARTS) is 1. The summed E-state index contributed by atoms with van der Waals surface area (Å²) in [6, 6.07) is -0.160. The minimum Gasteiger partial charge on any atom is -0.480 e. The average Bonchev–Trinajstić information content (AvgIpc) is 2.19. The standard InChI is InChI=1S/C11H19NO3/c1-3-10(11(14)15)12(2)8-4-6-9(13)7-5-8/h8,10H,3-7H2,1-2H3,(H,14,15). The van der Waals surface area contributed by atoms with Crippen molar-refractivity contribution in [1.82, 2.24) is 4.90 Å². The lowest BCUT2D eigenvalue weighted by Gasteiger charge is -2.34. The highest BCUT2D eigenvalue weighted by molar-refractivity contribution is 5.79. The van der Waals surface area contributed by atoms with Crippen LogP contribution in [0.3, 0.4) is 0 Å². The fraction of sp³-hybridized carbons (Fsp3) is 0.818.